The summed E-state index contributed by atoms with van der Waals surface area (Å²) in [5, 5.41) is 0.672. The van der Waals surface area contributed by atoms with Crippen LogP contribution in [0.3, 0.4) is 0 Å². The van der Waals surface area contributed by atoms with E-state index >= 15 is 0 Å². The van der Waals surface area contributed by atoms with Gasteiger partial charge in [0.2, 0.25) is 0 Å². The summed E-state index contributed by atoms with van der Waals surface area (Å²) in [4.78, 5) is 0. The van der Waals surface area contributed by atoms with Crippen molar-refractivity contribution in [3.8, 4) is 5.75 Å². The van der Waals surface area contributed by atoms with Crippen LogP contribution in [0.2, 0.25) is 5.02 Å². The van der Waals surface area contributed by atoms with Crippen molar-refractivity contribution in [3.63, 3.8) is 0 Å². The van der Waals surface area contributed by atoms with Gasteiger partial charge in [0.25, 0.3) is 0 Å². The summed E-state index contributed by atoms with van der Waals surface area (Å²) in [6.45, 7) is 6.20. The van der Waals surface area contributed by atoms with E-state index in [2.05, 4.69) is 13.8 Å². The van der Waals surface area contributed by atoms with Crippen LogP contribution in [-0.4, -0.2) is 12.1 Å². The van der Waals surface area contributed by atoms with Gasteiger partial charge in [0.1, 0.15) is 5.75 Å². The zero-order chi connectivity index (χ0) is 12.8. The number of nitrogens with two attached hydrogens (primary N) is 1. The van der Waals surface area contributed by atoms with Crippen LogP contribution >= 0.6 is 11.6 Å². The van der Waals surface area contributed by atoms with Gasteiger partial charge in [-0.1, -0.05) is 31.0 Å². The maximum atomic E-state index is 6.19. The van der Waals surface area contributed by atoms with Gasteiger partial charge in [-0.15, -0.1) is 0 Å². The molecular formula is C14H22ClNO. The molecule has 3 heteroatoms. The van der Waals surface area contributed by atoms with Gasteiger partial charge >= 0.3 is 0 Å². The maximum Gasteiger partial charge on any atom is 0.138 e. The van der Waals surface area contributed by atoms with Gasteiger partial charge in [-0.25, -0.2) is 0 Å². The van der Waals surface area contributed by atoms with Crippen molar-refractivity contribution in [1.82, 2.24) is 0 Å². The molecule has 0 amide bonds. The van der Waals surface area contributed by atoms with Crippen molar-refractivity contribution in [2.45, 2.75) is 52.2 Å². The van der Waals surface area contributed by atoms with Crippen molar-refractivity contribution in [3.05, 3.63) is 28.8 Å². The molecule has 0 saturated carbocycles. The molecule has 2 unspecified atom stereocenters. The van der Waals surface area contributed by atoms with Crippen LogP contribution in [0.1, 0.15) is 39.2 Å². The lowest BCUT2D eigenvalue weighted by atomic mass is 10.1. The number of rotatable bonds is 6. The first-order chi connectivity index (χ1) is 8.02. The second-order valence-corrected chi connectivity index (χ2v) is 5.07. The van der Waals surface area contributed by atoms with E-state index < -0.39 is 0 Å². The van der Waals surface area contributed by atoms with E-state index in [1.165, 1.54) is 0 Å². The Balaban J connectivity index is 2.69. The standard InChI is InChI=1S/C14H22ClNO/c1-4-5-11(3)17-14-7-6-12(8-10(2)16)9-13(14)15/h6-7,9-11H,4-5,8,16H2,1-3H3. The van der Waals surface area contributed by atoms with Gasteiger partial charge in [0.15, 0.2) is 0 Å². The maximum absolute atomic E-state index is 6.19. The van der Waals surface area contributed by atoms with Gasteiger partial charge in [-0.2, -0.15) is 0 Å². The van der Waals surface area contributed by atoms with Crippen molar-refractivity contribution < 1.29 is 4.74 Å². The number of ether oxygens (including phenoxy) is 1. The summed E-state index contributed by atoms with van der Waals surface area (Å²) in [6.07, 6.45) is 3.20. The third-order valence-electron chi connectivity index (χ3n) is 2.58. The third kappa shape index (κ3) is 4.97. The monoisotopic (exact) mass is 255 g/mol. The van der Waals surface area contributed by atoms with Crippen LogP contribution < -0.4 is 10.5 Å². The summed E-state index contributed by atoms with van der Waals surface area (Å²) < 4.78 is 5.78. The quantitative estimate of drug-likeness (QED) is 0.839. The van der Waals surface area contributed by atoms with Crippen molar-refractivity contribution in [2.75, 3.05) is 0 Å². The molecule has 0 aliphatic heterocycles. The molecule has 0 heterocycles. The second kappa shape index (κ2) is 6.87. The number of benzene rings is 1. The molecule has 2 N–H and O–H groups in total. The molecule has 0 aliphatic carbocycles. The van der Waals surface area contributed by atoms with Gasteiger partial charge in [-0.05, 0) is 44.4 Å². The van der Waals surface area contributed by atoms with E-state index in [9.17, 15) is 0 Å². The van der Waals surface area contributed by atoms with Crippen LogP contribution in [0.15, 0.2) is 18.2 Å². The minimum Gasteiger partial charge on any atom is -0.489 e. The topological polar surface area (TPSA) is 35.2 Å². The highest BCUT2D eigenvalue weighted by Crippen LogP contribution is 2.27. The molecular weight excluding hydrogens is 234 g/mol. The van der Waals surface area contributed by atoms with Gasteiger partial charge in [-0.3, -0.25) is 0 Å². The first-order valence-electron chi connectivity index (χ1n) is 6.23. The fourth-order valence-corrected chi connectivity index (χ4v) is 2.07. The van der Waals surface area contributed by atoms with E-state index in [0.29, 0.717) is 5.02 Å². The molecule has 2 atom stereocenters. The van der Waals surface area contributed by atoms with E-state index in [1.54, 1.807) is 0 Å². The molecule has 0 aromatic heterocycles. The fourth-order valence-electron chi connectivity index (χ4n) is 1.82. The SMILES string of the molecule is CCCC(C)Oc1ccc(CC(C)N)cc1Cl. The Hall–Kier alpha value is -0.730. The Morgan fingerprint density at radius 3 is 2.59 bits per heavy atom. The molecule has 1 aromatic rings. The normalized spacial score (nSPS) is 14.4. The smallest absolute Gasteiger partial charge is 0.138 e. The molecule has 1 rings (SSSR count). The molecule has 0 radical (unpaired) electrons. The highest BCUT2D eigenvalue weighted by atomic mass is 35.5. The predicted molar refractivity (Wildman–Crippen MR) is 73.8 cm³/mol. The third-order valence-corrected chi connectivity index (χ3v) is 2.87. The largest absolute Gasteiger partial charge is 0.489 e. The Morgan fingerprint density at radius 1 is 1.35 bits per heavy atom. The highest BCUT2D eigenvalue weighted by molar-refractivity contribution is 6.32. The van der Waals surface area contributed by atoms with Crippen LogP contribution in [0, 0.1) is 0 Å². The molecule has 0 spiro atoms. The molecule has 0 aliphatic rings. The van der Waals surface area contributed by atoms with Crippen LogP contribution in [0.5, 0.6) is 5.75 Å². The summed E-state index contributed by atoms with van der Waals surface area (Å²) in [7, 11) is 0. The Labute approximate surface area is 109 Å². The lowest BCUT2D eigenvalue weighted by Crippen LogP contribution is -2.17. The Bertz CT molecular complexity index is 352. The molecule has 17 heavy (non-hydrogen) atoms. The van der Waals surface area contributed by atoms with E-state index in [4.69, 9.17) is 22.1 Å². The summed E-state index contributed by atoms with van der Waals surface area (Å²) in [6, 6.07) is 6.06. The second-order valence-electron chi connectivity index (χ2n) is 4.66. The molecule has 1 aromatic carbocycles. The zero-order valence-electron chi connectivity index (χ0n) is 10.9. The first-order valence-corrected chi connectivity index (χ1v) is 6.61. The molecule has 2 nitrogen and oxygen atoms in total. The summed E-state index contributed by atoms with van der Waals surface area (Å²) in [5.41, 5.74) is 6.91. The van der Waals surface area contributed by atoms with Gasteiger partial charge < -0.3 is 10.5 Å². The Kier molecular flexibility index (Phi) is 5.79. The number of halogens is 1. The van der Waals surface area contributed by atoms with E-state index in [0.717, 1.165) is 30.6 Å². The van der Waals surface area contributed by atoms with Crippen molar-refractivity contribution in [1.29, 1.82) is 0 Å². The fraction of sp³-hybridized carbons (Fsp3) is 0.571. The molecule has 0 fully saturated rings. The lowest BCUT2D eigenvalue weighted by molar-refractivity contribution is 0.210. The average Bonchev–Trinajstić information content (AvgIpc) is 2.21. The van der Waals surface area contributed by atoms with Crippen molar-refractivity contribution >= 4 is 11.6 Å². The predicted octanol–water partition coefficient (Wildman–Crippen LogP) is 3.80. The minimum absolute atomic E-state index is 0.150. The molecule has 0 saturated heterocycles. The average molecular weight is 256 g/mol. The number of hydrogen-bond donors (Lipinski definition) is 1. The molecule has 0 bridgehead atoms. The van der Waals surface area contributed by atoms with E-state index in [1.807, 2.05) is 25.1 Å². The lowest BCUT2D eigenvalue weighted by Gasteiger charge is -2.15. The Morgan fingerprint density at radius 2 is 2.06 bits per heavy atom. The van der Waals surface area contributed by atoms with Gasteiger partial charge in [0.05, 0.1) is 11.1 Å². The van der Waals surface area contributed by atoms with Crippen LogP contribution in [0.25, 0.3) is 0 Å². The van der Waals surface area contributed by atoms with Crippen molar-refractivity contribution in [2.24, 2.45) is 5.73 Å². The molecule has 96 valence electrons. The van der Waals surface area contributed by atoms with Crippen LogP contribution in [-0.2, 0) is 6.42 Å². The number of hydrogen-bond acceptors (Lipinski definition) is 2. The van der Waals surface area contributed by atoms with Crippen LogP contribution in [0.4, 0.5) is 0 Å². The van der Waals surface area contributed by atoms with E-state index in [-0.39, 0.29) is 12.1 Å². The highest BCUT2D eigenvalue weighted by Gasteiger charge is 2.08. The van der Waals surface area contributed by atoms with Gasteiger partial charge in [0, 0.05) is 6.04 Å². The summed E-state index contributed by atoms with van der Waals surface area (Å²) in [5.74, 6) is 0.765. The minimum atomic E-state index is 0.150. The summed E-state index contributed by atoms with van der Waals surface area (Å²) >= 11 is 6.19. The zero-order valence-corrected chi connectivity index (χ0v) is 11.6. The first kappa shape index (κ1) is 14.3.